The molecule has 0 aliphatic carbocycles. The SMILES string of the molecule is Cc1cc(=O)[nH]c2nnc(SCC(=O)c3ccc(Cl)cc3)n12. The number of aryl methyl sites for hydroxylation is 1. The van der Waals surface area contributed by atoms with Crippen LogP contribution in [0.25, 0.3) is 5.78 Å². The molecule has 0 bridgehead atoms. The molecule has 0 aliphatic rings. The molecule has 6 nitrogen and oxygen atoms in total. The van der Waals surface area contributed by atoms with Crippen molar-refractivity contribution in [3.05, 3.63) is 57.0 Å². The van der Waals surface area contributed by atoms with Gasteiger partial charge >= 0.3 is 0 Å². The van der Waals surface area contributed by atoms with Crippen molar-refractivity contribution in [2.75, 3.05) is 5.75 Å². The Hall–Kier alpha value is -2.12. The molecule has 2 aromatic heterocycles. The molecule has 0 amide bonds. The molecule has 0 fully saturated rings. The molecule has 8 heteroatoms. The predicted molar refractivity (Wildman–Crippen MR) is 84.9 cm³/mol. The highest BCUT2D eigenvalue weighted by atomic mass is 35.5. The van der Waals surface area contributed by atoms with Gasteiger partial charge in [0.1, 0.15) is 0 Å². The van der Waals surface area contributed by atoms with Crippen LogP contribution in [0.15, 0.2) is 40.3 Å². The van der Waals surface area contributed by atoms with Crippen molar-refractivity contribution in [2.45, 2.75) is 12.1 Å². The number of hydrogen-bond acceptors (Lipinski definition) is 5. The smallest absolute Gasteiger partial charge is 0.252 e. The van der Waals surface area contributed by atoms with E-state index in [-0.39, 0.29) is 17.1 Å². The van der Waals surface area contributed by atoms with Crippen molar-refractivity contribution >= 4 is 34.9 Å². The van der Waals surface area contributed by atoms with Crippen molar-refractivity contribution in [3.63, 3.8) is 0 Å². The van der Waals surface area contributed by atoms with E-state index in [9.17, 15) is 9.59 Å². The monoisotopic (exact) mass is 334 g/mol. The van der Waals surface area contributed by atoms with E-state index in [4.69, 9.17) is 11.6 Å². The molecule has 0 spiro atoms. The Labute approximate surface area is 134 Å². The fourth-order valence-corrected chi connectivity index (χ4v) is 3.02. The standard InChI is InChI=1S/C14H11ClN4O2S/c1-8-6-12(21)16-13-17-18-14(19(8)13)22-7-11(20)9-2-4-10(15)5-3-9/h2-6H,7H2,1H3,(H,16,17,21). The normalized spacial score (nSPS) is 11.0. The van der Waals surface area contributed by atoms with Gasteiger partial charge < -0.3 is 0 Å². The van der Waals surface area contributed by atoms with Gasteiger partial charge in [-0.3, -0.25) is 19.0 Å². The van der Waals surface area contributed by atoms with Crippen LogP contribution in [0, 0.1) is 6.92 Å². The molecule has 3 rings (SSSR count). The zero-order valence-electron chi connectivity index (χ0n) is 11.5. The van der Waals surface area contributed by atoms with E-state index in [1.807, 2.05) is 0 Å². The Balaban J connectivity index is 1.81. The number of carbonyl (C=O) groups is 1. The summed E-state index contributed by atoms with van der Waals surface area (Å²) in [7, 11) is 0. The molecule has 1 N–H and O–H groups in total. The molecular formula is C14H11ClN4O2S. The van der Waals surface area contributed by atoms with Crippen molar-refractivity contribution in [1.82, 2.24) is 19.6 Å². The number of aromatic nitrogens is 4. The molecule has 0 unspecified atom stereocenters. The molecule has 112 valence electrons. The number of H-pyrrole nitrogens is 1. The summed E-state index contributed by atoms with van der Waals surface area (Å²) in [5.41, 5.74) is 1.08. The van der Waals surface area contributed by atoms with E-state index in [0.717, 1.165) is 0 Å². The predicted octanol–water partition coefficient (Wildman–Crippen LogP) is 2.35. The van der Waals surface area contributed by atoms with Gasteiger partial charge in [-0.1, -0.05) is 23.4 Å². The average molecular weight is 335 g/mol. The van der Waals surface area contributed by atoms with Crippen LogP contribution < -0.4 is 5.56 Å². The number of fused-ring (bicyclic) bond motifs is 1. The number of aromatic amines is 1. The summed E-state index contributed by atoms with van der Waals surface area (Å²) >= 11 is 7.07. The van der Waals surface area contributed by atoms with Gasteiger partial charge in [-0.2, -0.15) is 0 Å². The second-order valence-electron chi connectivity index (χ2n) is 4.64. The molecule has 22 heavy (non-hydrogen) atoms. The summed E-state index contributed by atoms with van der Waals surface area (Å²) in [6.45, 7) is 1.79. The lowest BCUT2D eigenvalue weighted by Crippen LogP contribution is -2.10. The van der Waals surface area contributed by atoms with E-state index in [1.165, 1.54) is 17.8 Å². The number of nitrogens with one attached hydrogen (secondary N) is 1. The van der Waals surface area contributed by atoms with Crippen molar-refractivity contribution in [1.29, 1.82) is 0 Å². The zero-order valence-corrected chi connectivity index (χ0v) is 13.1. The maximum Gasteiger partial charge on any atom is 0.252 e. The number of rotatable bonds is 4. The van der Waals surface area contributed by atoms with Crippen molar-refractivity contribution in [3.8, 4) is 0 Å². The number of carbonyl (C=O) groups excluding carboxylic acids is 1. The van der Waals surface area contributed by atoms with Crippen LogP contribution >= 0.6 is 23.4 Å². The largest absolute Gasteiger partial charge is 0.293 e. The summed E-state index contributed by atoms with van der Waals surface area (Å²) in [5.74, 6) is 0.563. The van der Waals surface area contributed by atoms with E-state index in [2.05, 4.69) is 15.2 Å². The highest BCUT2D eigenvalue weighted by Crippen LogP contribution is 2.19. The van der Waals surface area contributed by atoms with Crippen LogP contribution in [0.1, 0.15) is 16.1 Å². The number of ketones is 1. The molecule has 0 aliphatic heterocycles. The van der Waals surface area contributed by atoms with Crippen LogP contribution in [-0.2, 0) is 0 Å². The molecule has 3 aromatic rings. The van der Waals surface area contributed by atoms with Gasteiger partial charge in [0.05, 0.1) is 5.75 Å². The molecule has 2 heterocycles. The van der Waals surface area contributed by atoms with Crippen molar-refractivity contribution in [2.24, 2.45) is 0 Å². The number of Topliss-reactive ketones (excluding diaryl/α,β-unsaturated/α-hetero) is 1. The van der Waals surface area contributed by atoms with E-state index >= 15 is 0 Å². The van der Waals surface area contributed by atoms with Crippen LogP contribution in [0.4, 0.5) is 0 Å². The van der Waals surface area contributed by atoms with E-state index in [1.54, 1.807) is 35.6 Å². The first-order chi connectivity index (χ1) is 10.5. The second-order valence-corrected chi connectivity index (χ2v) is 6.01. The van der Waals surface area contributed by atoms with Gasteiger partial charge in [0, 0.05) is 22.3 Å². The fourth-order valence-electron chi connectivity index (χ4n) is 2.01. The van der Waals surface area contributed by atoms with Crippen LogP contribution in [0.2, 0.25) is 5.02 Å². The molecule has 0 radical (unpaired) electrons. The Morgan fingerprint density at radius 1 is 1.32 bits per heavy atom. The van der Waals surface area contributed by atoms with Gasteiger partial charge in [-0.15, -0.1) is 10.2 Å². The zero-order chi connectivity index (χ0) is 15.7. The number of benzene rings is 1. The summed E-state index contributed by atoms with van der Waals surface area (Å²) in [4.78, 5) is 26.1. The number of hydrogen-bond donors (Lipinski definition) is 1. The minimum atomic E-state index is -0.230. The summed E-state index contributed by atoms with van der Waals surface area (Å²) in [5, 5.41) is 9.07. The number of nitrogens with zero attached hydrogens (tertiary/aromatic N) is 3. The quantitative estimate of drug-likeness (QED) is 0.585. The lowest BCUT2D eigenvalue weighted by atomic mass is 10.1. The van der Waals surface area contributed by atoms with Crippen LogP contribution in [0.5, 0.6) is 0 Å². The maximum atomic E-state index is 12.1. The highest BCUT2D eigenvalue weighted by molar-refractivity contribution is 7.99. The number of halogens is 1. The molecule has 1 aromatic carbocycles. The lowest BCUT2D eigenvalue weighted by Gasteiger charge is -2.03. The Bertz CT molecular complexity index is 901. The molecule has 0 saturated carbocycles. The number of thioether (sulfide) groups is 1. The first-order valence-corrected chi connectivity index (χ1v) is 7.77. The van der Waals surface area contributed by atoms with Gasteiger partial charge in [-0.05, 0) is 31.2 Å². The maximum absolute atomic E-state index is 12.1. The first-order valence-electron chi connectivity index (χ1n) is 6.41. The Morgan fingerprint density at radius 3 is 2.77 bits per heavy atom. The Kier molecular flexibility index (Phi) is 4.00. The lowest BCUT2D eigenvalue weighted by molar-refractivity contribution is 0.102. The summed E-state index contributed by atoms with van der Waals surface area (Å²) in [6.07, 6.45) is 0. The van der Waals surface area contributed by atoms with Crippen LogP contribution in [-0.4, -0.2) is 31.1 Å². The molecule has 0 atom stereocenters. The van der Waals surface area contributed by atoms with Crippen molar-refractivity contribution < 1.29 is 4.79 Å². The van der Waals surface area contributed by atoms with Gasteiger partial charge in [0.15, 0.2) is 10.9 Å². The minimum Gasteiger partial charge on any atom is -0.293 e. The fraction of sp³-hybridized carbons (Fsp3) is 0.143. The third-order valence-electron chi connectivity index (χ3n) is 3.06. The van der Waals surface area contributed by atoms with Gasteiger partial charge in [0.2, 0.25) is 5.78 Å². The van der Waals surface area contributed by atoms with Gasteiger partial charge in [-0.25, -0.2) is 0 Å². The average Bonchev–Trinajstić information content (AvgIpc) is 2.88. The van der Waals surface area contributed by atoms with E-state index in [0.29, 0.717) is 27.2 Å². The topological polar surface area (TPSA) is 80.1 Å². The molecular weight excluding hydrogens is 324 g/mol. The second kappa shape index (κ2) is 5.94. The van der Waals surface area contributed by atoms with Crippen LogP contribution in [0.3, 0.4) is 0 Å². The van der Waals surface area contributed by atoms with E-state index < -0.39 is 0 Å². The molecule has 0 saturated heterocycles. The summed E-state index contributed by atoms with van der Waals surface area (Å²) < 4.78 is 1.71. The Morgan fingerprint density at radius 2 is 2.05 bits per heavy atom. The third kappa shape index (κ3) is 2.90. The summed E-state index contributed by atoms with van der Waals surface area (Å²) in [6, 6.07) is 8.20. The third-order valence-corrected chi connectivity index (χ3v) is 4.24. The first kappa shape index (κ1) is 14.8. The highest BCUT2D eigenvalue weighted by Gasteiger charge is 2.12. The minimum absolute atomic E-state index is 0.0273. The van der Waals surface area contributed by atoms with Gasteiger partial charge in [0.25, 0.3) is 5.56 Å².